The number of nitrogens with zero attached hydrogens (tertiary/aromatic N) is 3. The summed E-state index contributed by atoms with van der Waals surface area (Å²) in [5, 5.41) is 2.82. The molecule has 2 aliphatic rings. The summed E-state index contributed by atoms with van der Waals surface area (Å²) in [6.07, 6.45) is 3.89. The van der Waals surface area contributed by atoms with E-state index in [4.69, 9.17) is 4.74 Å². The molecular formula is C17H34IN5O4S. The van der Waals surface area contributed by atoms with Gasteiger partial charge in [0.1, 0.15) is 6.54 Å². The summed E-state index contributed by atoms with van der Waals surface area (Å²) in [7, 11) is 0.0494. The molecular weight excluding hydrogens is 497 g/mol. The van der Waals surface area contributed by atoms with E-state index in [1.807, 2.05) is 4.90 Å². The normalized spacial score (nSPS) is 23.2. The van der Waals surface area contributed by atoms with Gasteiger partial charge in [0.15, 0.2) is 5.96 Å². The van der Waals surface area contributed by atoms with E-state index in [0.29, 0.717) is 38.6 Å². The molecule has 2 rings (SSSR count). The van der Waals surface area contributed by atoms with Crippen LogP contribution >= 0.6 is 24.0 Å². The van der Waals surface area contributed by atoms with Crippen LogP contribution in [0.15, 0.2) is 4.99 Å². The molecule has 0 aromatic heterocycles. The first-order valence-electron chi connectivity index (χ1n) is 9.67. The van der Waals surface area contributed by atoms with Crippen molar-refractivity contribution in [3.63, 3.8) is 0 Å². The average Bonchev–Trinajstić information content (AvgIpc) is 3.13. The van der Waals surface area contributed by atoms with Crippen LogP contribution in [-0.4, -0.2) is 94.9 Å². The lowest BCUT2D eigenvalue weighted by molar-refractivity contribution is -0.127. The van der Waals surface area contributed by atoms with Crippen molar-refractivity contribution in [3.8, 4) is 0 Å². The summed E-state index contributed by atoms with van der Waals surface area (Å²) in [5.74, 6) is 0.479. The molecule has 2 atom stereocenters. The van der Waals surface area contributed by atoms with Crippen molar-refractivity contribution >= 4 is 45.9 Å². The second kappa shape index (κ2) is 12.1. The topological polar surface area (TPSA) is 103 Å². The van der Waals surface area contributed by atoms with Crippen molar-refractivity contribution in [2.45, 2.75) is 44.0 Å². The molecule has 0 saturated carbocycles. The van der Waals surface area contributed by atoms with Crippen LogP contribution in [0.5, 0.6) is 0 Å². The Hall–Kier alpha value is -0.660. The molecule has 2 N–H and O–H groups in total. The maximum absolute atomic E-state index is 12.3. The number of sulfonamides is 1. The third-order valence-electron chi connectivity index (χ3n) is 4.85. The van der Waals surface area contributed by atoms with Gasteiger partial charge in [0.2, 0.25) is 15.9 Å². The van der Waals surface area contributed by atoms with Gasteiger partial charge in [-0.2, -0.15) is 0 Å². The summed E-state index contributed by atoms with van der Waals surface area (Å²) >= 11 is 0. The number of ether oxygens (including phenoxy) is 1. The number of amides is 1. The van der Waals surface area contributed by atoms with Crippen LogP contribution in [-0.2, 0) is 19.6 Å². The van der Waals surface area contributed by atoms with Gasteiger partial charge in [0, 0.05) is 46.9 Å². The Morgan fingerprint density at radius 1 is 1.29 bits per heavy atom. The Labute approximate surface area is 185 Å². The summed E-state index contributed by atoms with van der Waals surface area (Å²) in [4.78, 5) is 19.8. The summed E-state index contributed by atoms with van der Waals surface area (Å²) in [5.41, 5.74) is 0. The molecule has 9 nitrogen and oxygen atoms in total. The van der Waals surface area contributed by atoms with Crippen LogP contribution in [0, 0.1) is 0 Å². The van der Waals surface area contributed by atoms with E-state index < -0.39 is 15.3 Å². The van der Waals surface area contributed by atoms with E-state index in [1.54, 1.807) is 21.0 Å². The van der Waals surface area contributed by atoms with Crippen molar-refractivity contribution in [1.82, 2.24) is 19.8 Å². The van der Waals surface area contributed by atoms with E-state index in [1.165, 1.54) is 4.90 Å². The van der Waals surface area contributed by atoms with E-state index in [2.05, 4.69) is 15.0 Å². The number of aliphatic imine (C=N–C) groups is 1. The lowest BCUT2D eigenvalue weighted by Gasteiger charge is -2.27. The first-order chi connectivity index (χ1) is 12.8. The van der Waals surface area contributed by atoms with Crippen LogP contribution in [0.25, 0.3) is 0 Å². The third kappa shape index (κ3) is 7.64. The zero-order valence-corrected chi connectivity index (χ0v) is 20.2. The quantitative estimate of drug-likeness (QED) is 0.277. The van der Waals surface area contributed by atoms with Crippen LogP contribution in [0.1, 0.15) is 32.6 Å². The van der Waals surface area contributed by atoms with Gasteiger partial charge < -0.3 is 19.9 Å². The molecule has 2 heterocycles. The number of likely N-dealkylation sites (N-methyl/N-ethyl adjacent to an activating group) is 1. The van der Waals surface area contributed by atoms with Crippen LogP contribution in [0.3, 0.4) is 0 Å². The Morgan fingerprint density at radius 3 is 2.64 bits per heavy atom. The number of carbonyl (C=O) groups is 1. The van der Waals surface area contributed by atoms with Gasteiger partial charge in [-0.3, -0.25) is 4.79 Å². The molecule has 2 unspecified atom stereocenters. The molecule has 2 aliphatic heterocycles. The van der Waals surface area contributed by atoms with Crippen LogP contribution < -0.4 is 10.0 Å². The number of rotatable bonds is 7. The SMILES string of the molecule is CCNS(=O)(=O)C1CCN(C(=NCC(=O)N(C)C)NCC2CCCCO2)C1.I. The van der Waals surface area contributed by atoms with E-state index in [9.17, 15) is 13.2 Å². The standard InChI is InChI=1S/C17H33N5O4S.HI/c1-4-20-27(24,25)15-8-9-22(13-15)17(19-12-16(23)21(2)3)18-11-14-7-5-6-10-26-14;/h14-15,20H,4-13H2,1-3H3,(H,18,19);1H. The number of guanidine groups is 1. The second-order valence-electron chi connectivity index (χ2n) is 7.20. The fourth-order valence-electron chi connectivity index (χ4n) is 3.22. The minimum absolute atomic E-state index is 0. The summed E-state index contributed by atoms with van der Waals surface area (Å²) in [6, 6.07) is 0. The van der Waals surface area contributed by atoms with Crippen LogP contribution in [0.4, 0.5) is 0 Å². The van der Waals surface area contributed by atoms with E-state index >= 15 is 0 Å². The highest BCUT2D eigenvalue weighted by Crippen LogP contribution is 2.17. The predicted octanol–water partition coefficient (Wildman–Crippen LogP) is 0.221. The van der Waals surface area contributed by atoms with Gasteiger partial charge in [-0.25, -0.2) is 18.1 Å². The fraction of sp³-hybridized carbons (Fsp3) is 0.882. The lowest BCUT2D eigenvalue weighted by atomic mass is 10.1. The second-order valence-corrected chi connectivity index (χ2v) is 9.24. The van der Waals surface area contributed by atoms with Crippen molar-refractivity contribution in [2.75, 3.05) is 53.4 Å². The average molecular weight is 531 g/mol. The number of likely N-dealkylation sites (tertiary alicyclic amines) is 1. The van der Waals surface area contributed by atoms with Crippen LogP contribution in [0.2, 0.25) is 0 Å². The molecule has 11 heteroatoms. The molecule has 0 radical (unpaired) electrons. The van der Waals surface area contributed by atoms with Gasteiger partial charge in [-0.15, -0.1) is 24.0 Å². The van der Waals surface area contributed by atoms with Crippen molar-refractivity contribution in [1.29, 1.82) is 0 Å². The summed E-state index contributed by atoms with van der Waals surface area (Å²) in [6.45, 7) is 4.51. The predicted molar refractivity (Wildman–Crippen MR) is 121 cm³/mol. The molecule has 0 aliphatic carbocycles. The molecule has 0 aromatic carbocycles. The molecule has 0 spiro atoms. The minimum Gasteiger partial charge on any atom is -0.376 e. The minimum atomic E-state index is -3.33. The largest absolute Gasteiger partial charge is 0.376 e. The molecule has 2 saturated heterocycles. The van der Waals surface area contributed by atoms with Gasteiger partial charge in [-0.1, -0.05) is 6.92 Å². The number of hydrogen-bond donors (Lipinski definition) is 2. The van der Waals surface area contributed by atoms with E-state index in [0.717, 1.165) is 25.9 Å². The zero-order valence-electron chi connectivity index (χ0n) is 17.0. The molecule has 2 fully saturated rings. The van der Waals surface area contributed by atoms with Crippen molar-refractivity contribution in [2.24, 2.45) is 4.99 Å². The van der Waals surface area contributed by atoms with Gasteiger partial charge in [0.05, 0.1) is 11.4 Å². The number of carbonyl (C=O) groups excluding carboxylic acids is 1. The monoisotopic (exact) mass is 531 g/mol. The molecule has 164 valence electrons. The van der Waals surface area contributed by atoms with E-state index in [-0.39, 0.29) is 42.5 Å². The van der Waals surface area contributed by atoms with Crippen molar-refractivity contribution in [3.05, 3.63) is 0 Å². The zero-order chi connectivity index (χ0) is 19.9. The molecule has 0 bridgehead atoms. The lowest BCUT2D eigenvalue weighted by Crippen LogP contribution is -2.46. The summed E-state index contributed by atoms with van der Waals surface area (Å²) < 4.78 is 32.9. The Morgan fingerprint density at radius 2 is 2.04 bits per heavy atom. The first kappa shape index (κ1) is 25.4. The Balaban J connectivity index is 0.00000392. The van der Waals surface area contributed by atoms with Gasteiger partial charge in [0.25, 0.3) is 0 Å². The highest BCUT2D eigenvalue weighted by Gasteiger charge is 2.34. The Kier molecular flexibility index (Phi) is 11.0. The molecule has 0 aromatic rings. The number of hydrogen-bond acceptors (Lipinski definition) is 5. The maximum atomic E-state index is 12.3. The van der Waals surface area contributed by atoms with Gasteiger partial charge >= 0.3 is 0 Å². The number of halogens is 1. The fourth-order valence-corrected chi connectivity index (χ4v) is 4.65. The highest BCUT2D eigenvalue weighted by atomic mass is 127. The molecule has 1 amide bonds. The maximum Gasteiger partial charge on any atom is 0.243 e. The third-order valence-corrected chi connectivity index (χ3v) is 6.81. The number of nitrogens with one attached hydrogen (secondary N) is 2. The highest BCUT2D eigenvalue weighted by molar-refractivity contribution is 14.0. The first-order valence-corrected chi connectivity index (χ1v) is 11.2. The van der Waals surface area contributed by atoms with Gasteiger partial charge in [-0.05, 0) is 25.7 Å². The van der Waals surface area contributed by atoms with Crippen molar-refractivity contribution < 1.29 is 17.9 Å². The Bertz CT molecular complexity index is 623. The molecule has 28 heavy (non-hydrogen) atoms. The smallest absolute Gasteiger partial charge is 0.243 e.